The monoisotopic (exact) mass is 490 g/mol. The molecule has 1 aromatic rings. The number of esters is 3. The number of rotatable bonds is 10. The number of amides is 1. The average molecular weight is 491 g/mol. The second kappa shape index (κ2) is 12.4. The van der Waals surface area contributed by atoms with Crippen LogP contribution < -0.4 is 20.1 Å². The first kappa shape index (κ1) is 27.2. The maximum absolute atomic E-state index is 13.1. The molecule has 0 saturated carbocycles. The van der Waals surface area contributed by atoms with Gasteiger partial charge in [0.05, 0.1) is 38.6 Å². The summed E-state index contributed by atoms with van der Waals surface area (Å²) in [6, 6.07) is 4.75. The Morgan fingerprint density at radius 1 is 0.829 bits per heavy atom. The molecule has 0 atom stereocenters. The van der Waals surface area contributed by atoms with Gasteiger partial charge in [0.25, 0.3) is 5.91 Å². The number of benzene rings is 1. The number of carbonyl (C=O) groups excluding carboxylic acids is 4. The van der Waals surface area contributed by atoms with E-state index in [2.05, 4.69) is 10.6 Å². The number of hydrogen-bond donors (Lipinski definition) is 2. The van der Waals surface area contributed by atoms with Gasteiger partial charge in [-0.05, 0) is 27.7 Å². The zero-order valence-corrected chi connectivity index (χ0v) is 20.6. The minimum Gasteiger partial charge on any atom is -0.497 e. The van der Waals surface area contributed by atoms with E-state index < -0.39 is 36.3 Å². The highest BCUT2D eigenvalue weighted by Crippen LogP contribution is 2.32. The van der Waals surface area contributed by atoms with Crippen LogP contribution in [0.1, 0.15) is 27.7 Å². The van der Waals surface area contributed by atoms with Gasteiger partial charge in [-0.3, -0.25) is 9.59 Å². The Balaban J connectivity index is 2.26. The third kappa shape index (κ3) is 6.75. The molecule has 11 nitrogen and oxygen atoms in total. The summed E-state index contributed by atoms with van der Waals surface area (Å²) in [6.07, 6.45) is 0. The molecule has 1 aliphatic rings. The third-order valence-electron chi connectivity index (χ3n) is 4.97. The van der Waals surface area contributed by atoms with Gasteiger partial charge in [-0.2, -0.15) is 0 Å². The molecule has 0 bridgehead atoms. The van der Waals surface area contributed by atoms with E-state index in [0.29, 0.717) is 28.6 Å². The fraction of sp³-hybridized carbons (Fsp3) is 0.417. The predicted molar refractivity (Wildman–Crippen MR) is 124 cm³/mol. The van der Waals surface area contributed by atoms with Gasteiger partial charge >= 0.3 is 17.9 Å². The van der Waals surface area contributed by atoms with Gasteiger partial charge in [-0.15, -0.1) is 0 Å². The van der Waals surface area contributed by atoms with Crippen LogP contribution in [0.5, 0.6) is 11.5 Å². The molecule has 2 N–H and O–H groups in total. The van der Waals surface area contributed by atoms with E-state index in [-0.39, 0.29) is 24.4 Å². The number of methoxy groups -OCH3 is 2. The molecular weight excluding hydrogens is 460 g/mol. The van der Waals surface area contributed by atoms with E-state index in [4.69, 9.17) is 23.7 Å². The average Bonchev–Trinajstić information content (AvgIpc) is 2.81. The smallest absolute Gasteiger partial charge is 0.337 e. The summed E-state index contributed by atoms with van der Waals surface area (Å²) in [7, 11) is 2.93. The number of dihydropyridines is 1. The minimum absolute atomic E-state index is 0.0568. The van der Waals surface area contributed by atoms with Gasteiger partial charge in [0.2, 0.25) is 0 Å². The van der Waals surface area contributed by atoms with Crippen LogP contribution in [0.25, 0.3) is 0 Å². The van der Waals surface area contributed by atoms with Crippen LogP contribution >= 0.6 is 0 Å². The van der Waals surface area contributed by atoms with Crippen molar-refractivity contribution >= 4 is 29.5 Å². The van der Waals surface area contributed by atoms with E-state index in [9.17, 15) is 19.2 Å². The standard InChI is InChI=1S/C24H30N2O9/c1-7-33-22(28)19-13(3)25-14(4)20(23(29)34-8-2)21(19)24(30)35-12-18(27)26-15-9-16(31-5)11-17(10-15)32-6/h9-11,21,25H,7-8,12H2,1-6H3,(H,26,27). The normalized spacial score (nSPS) is 13.5. The maximum Gasteiger partial charge on any atom is 0.337 e. The lowest BCUT2D eigenvalue weighted by Crippen LogP contribution is -2.39. The van der Waals surface area contributed by atoms with Crippen molar-refractivity contribution in [1.82, 2.24) is 5.32 Å². The van der Waals surface area contributed by atoms with Gasteiger partial charge in [0, 0.05) is 35.3 Å². The van der Waals surface area contributed by atoms with Gasteiger partial charge in [-0.1, -0.05) is 0 Å². The molecule has 2 rings (SSSR count). The Morgan fingerprint density at radius 2 is 1.31 bits per heavy atom. The SMILES string of the molecule is CCOC(=O)C1=C(C)NC(C)=C(C(=O)OCC)C1C(=O)OCC(=O)Nc1cc(OC)cc(OC)c1. The molecule has 0 aromatic heterocycles. The summed E-state index contributed by atoms with van der Waals surface area (Å²) >= 11 is 0. The van der Waals surface area contributed by atoms with E-state index in [1.807, 2.05) is 0 Å². The minimum atomic E-state index is -1.43. The molecule has 0 spiro atoms. The fourth-order valence-electron chi connectivity index (χ4n) is 3.49. The summed E-state index contributed by atoms with van der Waals surface area (Å²) in [5.74, 6) is -3.74. The van der Waals surface area contributed by atoms with Crippen molar-refractivity contribution in [2.75, 3.05) is 39.4 Å². The molecule has 1 amide bonds. The molecule has 1 heterocycles. The van der Waals surface area contributed by atoms with E-state index in [0.717, 1.165) is 0 Å². The number of allylic oxidation sites excluding steroid dienone is 2. The molecule has 0 fully saturated rings. The predicted octanol–water partition coefficient (Wildman–Crippen LogP) is 2.08. The molecule has 1 aliphatic heterocycles. The van der Waals surface area contributed by atoms with E-state index in [1.165, 1.54) is 14.2 Å². The second-order valence-corrected chi connectivity index (χ2v) is 7.33. The number of hydrogen-bond acceptors (Lipinski definition) is 10. The lowest BCUT2D eigenvalue weighted by atomic mass is 9.85. The number of anilines is 1. The molecule has 1 aromatic carbocycles. The largest absolute Gasteiger partial charge is 0.497 e. The molecule has 0 saturated heterocycles. The summed E-state index contributed by atoms with van der Waals surface area (Å²) in [6.45, 7) is 5.81. The van der Waals surface area contributed by atoms with Crippen LogP contribution in [0.3, 0.4) is 0 Å². The van der Waals surface area contributed by atoms with Crippen LogP contribution in [0.4, 0.5) is 5.69 Å². The highest BCUT2D eigenvalue weighted by molar-refractivity contribution is 6.06. The van der Waals surface area contributed by atoms with Crippen molar-refractivity contribution in [3.8, 4) is 11.5 Å². The molecule has 11 heteroatoms. The fourth-order valence-corrected chi connectivity index (χ4v) is 3.49. The van der Waals surface area contributed by atoms with Crippen molar-refractivity contribution in [2.24, 2.45) is 5.92 Å². The summed E-state index contributed by atoms with van der Waals surface area (Å²) in [5.41, 5.74) is 0.814. The van der Waals surface area contributed by atoms with Crippen LogP contribution in [0.2, 0.25) is 0 Å². The first-order chi connectivity index (χ1) is 16.7. The molecule has 0 unspecified atom stereocenters. The Kier molecular flexibility index (Phi) is 9.68. The Labute approximate surface area is 203 Å². The zero-order valence-electron chi connectivity index (χ0n) is 20.6. The molecule has 0 radical (unpaired) electrons. The van der Waals surface area contributed by atoms with Crippen LogP contribution in [-0.4, -0.2) is 57.9 Å². The zero-order chi connectivity index (χ0) is 26.1. The van der Waals surface area contributed by atoms with Crippen molar-refractivity contribution in [3.63, 3.8) is 0 Å². The van der Waals surface area contributed by atoms with Gasteiger partial charge < -0.3 is 34.3 Å². The molecule has 35 heavy (non-hydrogen) atoms. The third-order valence-corrected chi connectivity index (χ3v) is 4.97. The Bertz CT molecular complexity index is 997. The number of ether oxygens (including phenoxy) is 5. The topological polar surface area (TPSA) is 138 Å². The Hall–Kier alpha value is -4.02. The molecular formula is C24H30N2O9. The summed E-state index contributed by atoms with van der Waals surface area (Å²) in [5, 5.41) is 5.49. The quantitative estimate of drug-likeness (QED) is 0.370. The van der Waals surface area contributed by atoms with Gasteiger partial charge in [0.15, 0.2) is 6.61 Å². The van der Waals surface area contributed by atoms with Crippen molar-refractivity contribution in [1.29, 1.82) is 0 Å². The summed E-state index contributed by atoms with van der Waals surface area (Å²) < 4.78 is 25.7. The van der Waals surface area contributed by atoms with E-state index in [1.54, 1.807) is 45.9 Å². The van der Waals surface area contributed by atoms with Crippen LogP contribution in [0, 0.1) is 5.92 Å². The lowest BCUT2D eigenvalue weighted by Gasteiger charge is -2.28. The van der Waals surface area contributed by atoms with Gasteiger partial charge in [0.1, 0.15) is 17.4 Å². The van der Waals surface area contributed by atoms with Crippen LogP contribution in [-0.2, 0) is 33.4 Å². The maximum atomic E-state index is 13.1. The highest BCUT2D eigenvalue weighted by Gasteiger charge is 2.42. The second-order valence-electron chi connectivity index (χ2n) is 7.33. The van der Waals surface area contributed by atoms with Gasteiger partial charge in [-0.25, -0.2) is 9.59 Å². The Morgan fingerprint density at radius 3 is 1.74 bits per heavy atom. The summed E-state index contributed by atoms with van der Waals surface area (Å²) in [4.78, 5) is 50.9. The first-order valence-electron chi connectivity index (χ1n) is 10.9. The van der Waals surface area contributed by atoms with Crippen molar-refractivity contribution < 1.29 is 42.9 Å². The van der Waals surface area contributed by atoms with Crippen molar-refractivity contribution in [3.05, 3.63) is 40.7 Å². The molecule has 190 valence electrons. The highest BCUT2D eigenvalue weighted by atomic mass is 16.5. The number of nitrogens with one attached hydrogen (secondary N) is 2. The number of carbonyl (C=O) groups is 4. The lowest BCUT2D eigenvalue weighted by molar-refractivity contribution is -0.153. The molecule has 0 aliphatic carbocycles. The van der Waals surface area contributed by atoms with Crippen molar-refractivity contribution in [2.45, 2.75) is 27.7 Å². The van der Waals surface area contributed by atoms with E-state index >= 15 is 0 Å². The van der Waals surface area contributed by atoms with Crippen LogP contribution in [0.15, 0.2) is 40.7 Å². The first-order valence-corrected chi connectivity index (χ1v) is 10.9.